The van der Waals surface area contributed by atoms with Crippen molar-refractivity contribution in [2.24, 2.45) is 0 Å². The zero-order chi connectivity index (χ0) is 52.5. The SMILES string of the molecule is C=CC(=O)NCOC[C@H]1O[C@@H]2O[C@H]3[C@H](O)[C@@H](O)[C@@H](O[C@H]4[C@H](O)[C@@H](O)[C@@H](O[C@H]5[C@H](O)[C@@H](O)[C@@H](O[C@H]6[C@H](O)[C@@H](O)[C@@H](O[C@H]7[C@H](O)[C@@H](O)[C@@H](O[C@H]1[C@H](O)[C@H]2O)O[C@@H]7CO)O[C@@H]6CO)O[C@@H]5CO)O[C@@H]4CO)O[C@@H]3CO. The molecule has 32 heteroatoms. The van der Waals surface area contributed by atoms with Gasteiger partial charge in [0.15, 0.2) is 37.7 Å². The minimum atomic E-state index is -2.18. The summed E-state index contributed by atoms with van der Waals surface area (Å²) in [4.78, 5) is 11.8. The summed E-state index contributed by atoms with van der Waals surface area (Å²) in [5.41, 5.74) is 0. The first-order valence-corrected chi connectivity index (χ1v) is 22.9. The van der Waals surface area contributed by atoms with Crippen molar-refractivity contribution in [2.45, 2.75) is 184 Å². The molecule has 22 rings (SSSR count). The van der Waals surface area contributed by atoms with E-state index in [0.717, 1.165) is 6.08 Å². The lowest BCUT2D eigenvalue weighted by atomic mass is 9.94. The number of amides is 1. The van der Waals surface area contributed by atoms with E-state index in [1.54, 1.807) is 0 Å². The van der Waals surface area contributed by atoms with Crippen molar-refractivity contribution in [2.75, 3.05) is 46.4 Å². The van der Waals surface area contributed by atoms with Crippen molar-refractivity contribution in [1.82, 2.24) is 5.32 Å². The fraction of sp³-hybridized carbons (Fsp3) is 0.925. The molecule has 0 aromatic carbocycles. The molecular weight excluding hydrogens is 990 g/mol. The van der Waals surface area contributed by atoms with Crippen LogP contribution in [0.4, 0.5) is 0 Å². The Morgan fingerprint density at radius 3 is 0.778 bits per heavy atom. The van der Waals surface area contributed by atoms with Crippen molar-refractivity contribution < 1.29 is 153 Å². The van der Waals surface area contributed by atoms with Crippen LogP contribution in [0.1, 0.15) is 0 Å². The first-order chi connectivity index (χ1) is 34.3. The number of aliphatic hydroxyl groups is 17. The molecule has 0 aliphatic carbocycles. The van der Waals surface area contributed by atoms with Crippen molar-refractivity contribution in [1.29, 1.82) is 0 Å². The predicted molar refractivity (Wildman–Crippen MR) is 218 cm³/mol. The van der Waals surface area contributed by atoms with Crippen molar-refractivity contribution >= 4 is 5.91 Å². The second-order valence-corrected chi connectivity index (χ2v) is 17.9. The van der Waals surface area contributed by atoms with Gasteiger partial charge in [-0.15, -0.1) is 0 Å². The Labute approximate surface area is 407 Å². The van der Waals surface area contributed by atoms with Gasteiger partial charge in [-0.2, -0.15) is 0 Å². The van der Waals surface area contributed by atoms with Crippen LogP contribution in [0, 0.1) is 0 Å². The smallest absolute Gasteiger partial charge is 0.245 e. The van der Waals surface area contributed by atoms with Crippen LogP contribution in [0.5, 0.6) is 0 Å². The highest BCUT2D eigenvalue weighted by molar-refractivity contribution is 5.86. The maximum absolute atomic E-state index is 11.8. The summed E-state index contributed by atoms with van der Waals surface area (Å²) in [6, 6.07) is 0. The van der Waals surface area contributed by atoms with Gasteiger partial charge in [-0.1, -0.05) is 6.58 Å². The third kappa shape index (κ3) is 11.8. The van der Waals surface area contributed by atoms with Gasteiger partial charge >= 0.3 is 0 Å². The largest absolute Gasteiger partial charge is 0.394 e. The zero-order valence-electron chi connectivity index (χ0n) is 37.9. The fourth-order valence-corrected chi connectivity index (χ4v) is 9.28. The molecule has 416 valence electrons. The molecule has 22 aliphatic rings. The monoisotopic (exact) mass is 1060 g/mol. The van der Waals surface area contributed by atoms with Crippen LogP contribution in [-0.4, -0.2) is 323 Å². The third-order valence-corrected chi connectivity index (χ3v) is 13.3. The number of hydrogen-bond acceptors (Lipinski definition) is 31. The summed E-state index contributed by atoms with van der Waals surface area (Å²) in [5, 5.41) is 190. The molecule has 22 heterocycles. The molecule has 0 aromatic heterocycles. The van der Waals surface area contributed by atoms with Crippen LogP contribution in [0.15, 0.2) is 12.7 Å². The average molecular weight is 1060 g/mol. The van der Waals surface area contributed by atoms with E-state index in [1.165, 1.54) is 0 Å². The Morgan fingerprint density at radius 2 is 0.569 bits per heavy atom. The molecule has 30 atom stereocenters. The Hall–Kier alpha value is -1.99. The number of carbonyl (C=O) groups is 1. The molecule has 1 amide bonds. The van der Waals surface area contributed by atoms with E-state index < -0.39 is 237 Å². The summed E-state index contributed by atoms with van der Waals surface area (Å²) < 4.78 is 74.3. The lowest BCUT2D eigenvalue weighted by Crippen LogP contribution is -2.69. The molecule has 22 saturated heterocycles. The fourth-order valence-electron chi connectivity index (χ4n) is 9.28. The molecule has 22 aliphatic heterocycles. The molecule has 32 nitrogen and oxygen atoms in total. The summed E-state index contributed by atoms with van der Waals surface area (Å²) in [6.45, 7) is -2.91. The van der Waals surface area contributed by atoms with Crippen LogP contribution < -0.4 is 5.32 Å². The van der Waals surface area contributed by atoms with Crippen LogP contribution in [-0.2, 0) is 66.4 Å². The summed E-state index contributed by atoms with van der Waals surface area (Å²) in [7, 11) is 0. The van der Waals surface area contributed by atoms with E-state index in [2.05, 4.69) is 11.9 Å². The van der Waals surface area contributed by atoms with E-state index in [-0.39, 0.29) is 0 Å². The van der Waals surface area contributed by atoms with E-state index in [9.17, 15) is 91.6 Å². The zero-order valence-corrected chi connectivity index (χ0v) is 37.9. The number of ether oxygens (including phenoxy) is 13. The van der Waals surface area contributed by atoms with Gasteiger partial charge in [0.2, 0.25) is 5.91 Å². The normalized spacial score (nSPS) is 51.6. The van der Waals surface area contributed by atoms with Crippen LogP contribution in [0.2, 0.25) is 0 Å². The molecule has 0 unspecified atom stereocenters. The molecule has 0 spiro atoms. The summed E-state index contributed by atoms with van der Waals surface area (Å²) >= 11 is 0. The second-order valence-electron chi connectivity index (χ2n) is 17.9. The first kappa shape index (κ1) is 57.7. The second kappa shape index (κ2) is 25.0. The van der Waals surface area contributed by atoms with Gasteiger partial charge in [0, 0.05) is 0 Å². The summed E-state index contributed by atoms with van der Waals surface area (Å²) in [6.07, 6.45) is -58.2. The molecule has 18 N–H and O–H groups in total. The van der Waals surface area contributed by atoms with Crippen molar-refractivity contribution in [3.05, 3.63) is 12.7 Å². The number of rotatable bonds is 10. The highest BCUT2D eigenvalue weighted by atomic mass is 16.8. The molecular formula is C40H65NO31. The molecule has 12 bridgehead atoms. The van der Waals surface area contributed by atoms with Gasteiger partial charge in [-0.25, -0.2) is 0 Å². The Kier molecular flexibility index (Phi) is 20.0. The van der Waals surface area contributed by atoms with Crippen LogP contribution >= 0.6 is 0 Å². The lowest BCUT2D eigenvalue weighted by molar-refractivity contribution is -0.404. The molecule has 0 radical (unpaired) electrons. The van der Waals surface area contributed by atoms with Gasteiger partial charge in [-0.05, 0) is 6.08 Å². The Bertz CT molecular complexity index is 1720. The van der Waals surface area contributed by atoms with E-state index in [0.29, 0.717) is 0 Å². The van der Waals surface area contributed by atoms with Gasteiger partial charge in [0.25, 0.3) is 0 Å². The third-order valence-electron chi connectivity index (χ3n) is 13.3. The highest BCUT2D eigenvalue weighted by Gasteiger charge is 2.58. The molecule has 0 aromatic rings. The van der Waals surface area contributed by atoms with Gasteiger partial charge in [0.1, 0.15) is 153 Å². The quantitative estimate of drug-likeness (QED) is 0.0549. The van der Waals surface area contributed by atoms with Crippen LogP contribution in [0.3, 0.4) is 0 Å². The van der Waals surface area contributed by atoms with Gasteiger partial charge in [0.05, 0.1) is 39.6 Å². The van der Waals surface area contributed by atoms with E-state index in [1.807, 2.05) is 0 Å². The number of carbonyl (C=O) groups excluding carboxylic acids is 1. The van der Waals surface area contributed by atoms with Crippen molar-refractivity contribution in [3.63, 3.8) is 0 Å². The maximum atomic E-state index is 11.8. The average Bonchev–Trinajstić information content (AvgIpc) is 3.37. The lowest BCUT2D eigenvalue weighted by Gasteiger charge is -2.50. The van der Waals surface area contributed by atoms with Crippen molar-refractivity contribution in [3.8, 4) is 0 Å². The van der Waals surface area contributed by atoms with Crippen LogP contribution in [0.25, 0.3) is 0 Å². The topological polar surface area (TPSA) is 493 Å². The minimum absolute atomic E-state index is 0.510. The first-order valence-electron chi connectivity index (χ1n) is 22.9. The van der Waals surface area contributed by atoms with Gasteiger partial charge < -0.3 is 154 Å². The Morgan fingerprint density at radius 1 is 0.361 bits per heavy atom. The number of hydrogen-bond donors (Lipinski definition) is 18. The molecule has 0 saturated carbocycles. The van der Waals surface area contributed by atoms with Gasteiger partial charge in [-0.3, -0.25) is 4.79 Å². The predicted octanol–water partition coefficient (Wildman–Crippen LogP) is -12.8. The Balaban J connectivity index is 1.20. The summed E-state index contributed by atoms with van der Waals surface area (Å²) in [5.74, 6) is -0.669. The highest BCUT2D eigenvalue weighted by Crippen LogP contribution is 2.38. The van der Waals surface area contributed by atoms with E-state index >= 15 is 0 Å². The number of aliphatic hydroxyl groups excluding tert-OH is 17. The molecule has 72 heavy (non-hydrogen) atoms. The number of nitrogens with one attached hydrogen (secondary N) is 1. The molecule has 22 fully saturated rings. The van der Waals surface area contributed by atoms with E-state index in [4.69, 9.17) is 61.6 Å². The standard InChI is InChI=1S/C40H65NO31/c1-2-16(47)41-9-60-8-15-34-22(53)28(59)40(66-15)71-33-14(7-46)64-38(26(57)20(33)51)69-31-12(5-44)62-36(24(55)18(31)49)67-29-10(3-42)61-35(23(54)17(29)48)68-30-11(4-43)63-37(25(56)19(30)50)70-32-13(6-45)65-39(72-34)27(58)21(32)52/h2,10-15,17-40,42-46,48-59H,1,3-9H2,(H,41,47)/t10-,11-,12-,13-,14-,15-,17-,18-,19-,20-,21-,22-,23-,24-,25-,26-,27-,28-,29-,30-,31-,32-,33-,34-,35-,36-,37-,38-,39-,40-/m1/s1. The maximum Gasteiger partial charge on any atom is 0.245 e. The minimum Gasteiger partial charge on any atom is -0.394 e.